The van der Waals surface area contributed by atoms with Gasteiger partial charge in [-0.25, -0.2) is 4.98 Å². The Kier molecular flexibility index (Phi) is 4.53. The van der Waals surface area contributed by atoms with Crippen molar-refractivity contribution in [2.24, 2.45) is 0 Å². The Bertz CT molecular complexity index is 451. The van der Waals surface area contributed by atoms with Gasteiger partial charge in [-0.05, 0) is 11.8 Å². The maximum absolute atomic E-state index is 11.1. The molecule has 0 saturated heterocycles. The number of aromatic nitrogens is 2. The van der Waals surface area contributed by atoms with Crippen LogP contribution in [0.3, 0.4) is 0 Å². The summed E-state index contributed by atoms with van der Waals surface area (Å²) in [6.07, 6.45) is 1.89. The highest BCUT2D eigenvalue weighted by Gasteiger charge is 2.26. The predicted molar refractivity (Wildman–Crippen MR) is 65.7 cm³/mol. The van der Waals surface area contributed by atoms with E-state index in [2.05, 4.69) is 9.97 Å². The van der Waals surface area contributed by atoms with Crippen molar-refractivity contribution < 1.29 is 19.2 Å². The number of H-pyrrole nitrogens is 1. The predicted octanol–water partition coefficient (Wildman–Crippen LogP) is -0.584. The molecule has 0 saturated carbocycles. The van der Waals surface area contributed by atoms with Crippen LogP contribution in [0.4, 0.5) is 0 Å². The first-order chi connectivity index (χ1) is 8.20. The molecule has 0 aliphatic heterocycles. The molecule has 6 nitrogen and oxygen atoms in total. The SMILES string of the molecule is CC(=O)Sc1nc(C[C@@H](C(=O)[O-])[N+](C)(C)C)c[nH]1. The number of hydrogen-bond donors (Lipinski definition) is 1. The van der Waals surface area contributed by atoms with Gasteiger partial charge in [0.25, 0.3) is 0 Å². The molecular weight excluding hydrogens is 254 g/mol. The molecule has 0 amide bonds. The summed E-state index contributed by atoms with van der Waals surface area (Å²) in [7, 11) is 5.37. The van der Waals surface area contributed by atoms with E-state index >= 15 is 0 Å². The monoisotopic (exact) mass is 271 g/mol. The Balaban J connectivity index is 2.79. The molecule has 18 heavy (non-hydrogen) atoms. The van der Waals surface area contributed by atoms with Crippen LogP contribution >= 0.6 is 11.8 Å². The summed E-state index contributed by atoms with van der Waals surface area (Å²) in [6, 6.07) is -0.677. The van der Waals surface area contributed by atoms with E-state index in [9.17, 15) is 14.7 Å². The number of imidazole rings is 1. The molecular formula is C11H17N3O3S. The Labute approximate surface area is 110 Å². The van der Waals surface area contributed by atoms with Gasteiger partial charge >= 0.3 is 0 Å². The van der Waals surface area contributed by atoms with E-state index in [0.717, 1.165) is 11.8 Å². The van der Waals surface area contributed by atoms with E-state index in [0.29, 0.717) is 10.9 Å². The van der Waals surface area contributed by atoms with Crippen molar-refractivity contribution in [2.75, 3.05) is 21.1 Å². The number of nitrogens with zero attached hydrogens (tertiary/aromatic N) is 2. The lowest BCUT2D eigenvalue weighted by Gasteiger charge is -2.34. The van der Waals surface area contributed by atoms with Crippen molar-refractivity contribution >= 4 is 22.8 Å². The fourth-order valence-electron chi connectivity index (χ4n) is 1.50. The van der Waals surface area contributed by atoms with Gasteiger partial charge < -0.3 is 19.4 Å². The highest BCUT2D eigenvalue weighted by Crippen LogP contribution is 2.16. The Hall–Kier alpha value is -1.34. The molecule has 0 radical (unpaired) electrons. The normalized spacial score (nSPS) is 13.3. The van der Waals surface area contributed by atoms with Crippen LogP contribution in [0.2, 0.25) is 0 Å². The number of aliphatic carboxylic acids is 1. The smallest absolute Gasteiger partial charge is 0.193 e. The van der Waals surface area contributed by atoms with E-state index in [1.54, 1.807) is 27.3 Å². The zero-order valence-corrected chi connectivity index (χ0v) is 11.7. The first kappa shape index (κ1) is 14.7. The highest BCUT2D eigenvalue weighted by atomic mass is 32.2. The van der Waals surface area contributed by atoms with Gasteiger partial charge in [0.05, 0.1) is 32.8 Å². The molecule has 0 aliphatic carbocycles. The van der Waals surface area contributed by atoms with Gasteiger partial charge in [-0.3, -0.25) is 4.79 Å². The van der Waals surface area contributed by atoms with Gasteiger partial charge in [-0.1, -0.05) is 0 Å². The number of nitrogens with one attached hydrogen (secondary N) is 1. The van der Waals surface area contributed by atoms with Crippen molar-refractivity contribution in [1.82, 2.24) is 9.97 Å². The molecule has 1 aromatic rings. The van der Waals surface area contributed by atoms with E-state index in [4.69, 9.17) is 0 Å². The van der Waals surface area contributed by atoms with Crippen LogP contribution in [0.5, 0.6) is 0 Å². The van der Waals surface area contributed by atoms with E-state index in [-0.39, 0.29) is 16.0 Å². The number of rotatable bonds is 5. The first-order valence-electron chi connectivity index (χ1n) is 5.45. The molecule has 0 bridgehead atoms. The van der Waals surface area contributed by atoms with Gasteiger partial charge in [0.15, 0.2) is 10.3 Å². The lowest BCUT2D eigenvalue weighted by molar-refractivity contribution is -0.889. The number of carboxylic acids is 1. The van der Waals surface area contributed by atoms with E-state index in [1.807, 2.05) is 0 Å². The first-order valence-corrected chi connectivity index (χ1v) is 6.26. The zero-order valence-electron chi connectivity index (χ0n) is 10.9. The number of likely N-dealkylation sites (N-methyl/N-ethyl adjacent to an activating group) is 1. The summed E-state index contributed by atoms with van der Waals surface area (Å²) in [5.41, 5.74) is 0.612. The number of carbonyl (C=O) groups excluding carboxylic acids is 2. The molecule has 0 spiro atoms. The number of aromatic amines is 1. The fourth-order valence-corrected chi connectivity index (χ4v) is 2.06. The third-order valence-corrected chi connectivity index (χ3v) is 3.15. The molecule has 1 rings (SSSR count). The second-order valence-corrected chi connectivity index (χ2v) is 6.11. The van der Waals surface area contributed by atoms with Gasteiger partial charge in [0.2, 0.25) is 0 Å². The molecule has 0 aliphatic rings. The Morgan fingerprint density at radius 2 is 2.11 bits per heavy atom. The third-order valence-electron chi connectivity index (χ3n) is 2.46. The Morgan fingerprint density at radius 1 is 1.50 bits per heavy atom. The molecule has 1 atom stereocenters. The van der Waals surface area contributed by atoms with Crippen LogP contribution < -0.4 is 5.11 Å². The van der Waals surface area contributed by atoms with Crippen LogP contribution in [0.1, 0.15) is 12.6 Å². The number of thioether (sulfide) groups is 1. The average molecular weight is 271 g/mol. The molecule has 7 heteroatoms. The molecule has 1 aromatic heterocycles. The molecule has 0 aromatic carbocycles. The van der Waals surface area contributed by atoms with Crippen LogP contribution in [0.25, 0.3) is 0 Å². The van der Waals surface area contributed by atoms with Crippen molar-refractivity contribution in [2.45, 2.75) is 24.5 Å². The summed E-state index contributed by atoms with van der Waals surface area (Å²) in [6.45, 7) is 1.45. The maximum atomic E-state index is 11.1. The zero-order chi connectivity index (χ0) is 13.9. The standard InChI is InChI=1S/C11H17N3O3S/c1-7(15)18-11-12-6-8(13-11)5-9(10(16)17)14(2,3)4/h6,9H,5H2,1-4H3,(H-,12,13,16,17)/t9-/m0/s1. The highest BCUT2D eigenvalue weighted by molar-refractivity contribution is 8.13. The van der Waals surface area contributed by atoms with Gasteiger partial charge in [0.1, 0.15) is 6.04 Å². The number of quaternary nitrogens is 1. The molecule has 0 unspecified atom stereocenters. The summed E-state index contributed by atoms with van der Waals surface area (Å²) in [5.74, 6) is -1.11. The van der Waals surface area contributed by atoms with Gasteiger partial charge in [0, 0.05) is 19.5 Å². The van der Waals surface area contributed by atoms with Crippen LogP contribution in [-0.4, -0.2) is 52.7 Å². The van der Waals surface area contributed by atoms with E-state index < -0.39 is 12.0 Å². The third kappa shape index (κ3) is 4.15. The minimum Gasteiger partial charge on any atom is -0.544 e. The minimum atomic E-state index is -1.11. The summed E-state index contributed by atoms with van der Waals surface area (Å²) in [5, 5.41) is 11.5. The quantitative estimate of drug-likeness (QED) is 0.572. The summed E-state index contributed by atoms with van der Waals surface area (Å²) < 4.78 is 0.254. The molecule has 100 valence electrons. The second-order valence-electron chi connectivity index (χ2n) is 4.95. The lowest BCUT2D eigenvalue weighted by atomic mass is 10.1. The molecule has 1 N–H and O–H groups in total. The maximum Gasteiger partial charge on any atom is 0.193 e. The second kappa shape index (κ2) is 5.53. The van der Waals surface area contributed by atoms with Crippen molar-refractivity contribution in [3.8, 4) is 0 Å². The molecule has 1 heterocycles. The topological polar surface area (TPSA) is 85.9 Å². The number of carboxylic acid groups (broad SMARTS) is 1. The fraction of sp³-hybridized carbons (Fsp3) is 0.545. The summed E-state index contributed by atoms with van der Waals surface area (Å²) >= 11 is 0.989. The van der Waals surface area contributed by atoms with Crippen molar-refractivity contribution in [1.29, 1.82) is 0 Å². The van der Waals surface area contributed by atoms with Crippen LogP contribution in [0, 0.1) is 0 Å². The largest absolute Gasteiger partial charge is 0.544 e. The summed E-state index contributed by atoms with van der Waals surface area (Å²) in [4.78, 5) is 29.0. The van der Waals surface area contributed by atoms with Gasteiger partial charge in [-0.15, -0.1) is 0 Å². The van der Waals surface area contributed by atoms with Crippen LogP contribution in [-0.2, 0) is 16.0 Å². The van der Waals surface area contributed by atoms with Crippen molar-refractivity contribution in [3.05, 3.63) is 11.9 Å². The van der Waals surface area contributed by atoms with Gasteiger partial charge in [-0.2, -0.15) is 0 Å². The minimum absolute atomic E-state index is 0.0704. The lowest BCUT2D eigenvalue weighted by Crippen LogP contribution is -2.55. The van der Waals surface area contributed by atoms with E-state index in [1.165, 1.54) is 6.92 Å². The molecule has 0 fully saturated rings. The van der Waals surface area contributed by atoms with Crippen LogP contribution in [0.15, 0.2) is 11.4 Å². The average Bonchev–Trinajstić information content (AvgIpc) is 2.58. The van der Waals surface area contributed by atoms with Crippen molar-refractivity contribution in [3.63, 3.8) is 0 Å². The Morgan fingerprint density at radius 3 is 2.56 bits per heavy atom. The number of hydrogen-bond acceptors (Lipinski definition) is 5. The number of carbonyl (C=O) groups is 2.